The second-order valence-corrected chi connectivity index (χ2v) is 3.98. The summed E-state index contributed by atoms with van der Waals surface area (Å²) >= 11 is 0. The van der Waals surface area contributed by atoms with Crippen molar-refractivity contribution in [2.75, 3.05) is 20.8 Å². The van der Waals surface area contributed by atoms with Crippen molar-refractivity contribution >= 4 is 5.97 Å². The van der Waals surface area contributed by atoms with Crippen molar-refractivity contribution in [1.82, 2.24) is 0 Å². The Morgan fingerprint density at radius 3 is 2.59 bits per heavy atom. The summed E-state index contributed by atoms with van der Waals surface area (Å²) in [6.45, 7) is 1.40. The summed E-state index contributed by atoms with van der Waals surface area (Å²) in [5, 5.41) is 9.26. The molecule has 1 aromatic rings. The second-order valence-electron chi connectivity index (χ2n) is 3.98. The van der Waals surface area contributed by atoms with Crippen molar-refractivity contribution in [3.05, 3.63) is 29.3 Å². The predicted octanol–water partition coefficient (Wildman–Crippen LogP) is 0.648. The molecule has 17 heavy (non-hydrogen) atoms. The van der Waals surface area contributed by atoms with Crippen molar-refractivity contribution in [3.63, 3.8) is 0 Å². The molecule has 0 fully saturated rings. The van der Waals surface area contributed by atoms with Crippen LogP contribution in [0.2, 0.25) is 0 Å². The van der Waals surface area contributed by atoms with Gasteiger partial charge in [-0.25, -0.2) is 4.79 Å². The van der Waals surface area contributed by atoms with E-state index >= 15 is 0 Å². The molecule has 94 valence electrons. The van der Waals surface area contributed by atoms with Crippen LogP contribution in [0.15, 0.2) is 18.2 Å². The number of hydrogen-bond donors (Lipinski definition) is 2. The Kier molecular flexibility index (Phi) is 4.09. The molecule has 5 nitrogen and oxygen atoms in total. The molecule has 0 bridgehead atoms. The number of aliphatic hydroxyl groups is 1. The van der Waals surface area contributed by atoms with Crippen molar-refractivity contribution < 1.29 is 19.4 Å². The van der Waals surface area contributed by atoms with Gasteiger partial charge in [-0.3, -0.25) is 0 Å². The number of ether oxygens (including phenoxy) is 2. The van der Waals surface area contributed by atoms with Gasteiger partial charge in [0.2, 0.25) is 0 Å². The first kappa shape index (κ1) is 13.5. The van der Waals surface area contributed by atoms with Crippen molar-refractivity contribution in [1.29, 1.82) is 0 Å². The quantitative estimate of drug-likeness (QED) is 0.754. The Morgan fingerprint density at radius 1 is 1.47 bits per heavy atom. The van der Waals surface area contributed by atoms with Gasteiger partial charge >= 0.3 is 5.97 Å². The van der Waals surface area contributed by atoms with E-state index in [9.17, 15) is 9.90 Å². The molecule has 0 radical (unpaired) electrons. The lowest BCUT2D eigenvalue weighted by Crippen LogP contribution is -2.37. The molecule has 0 aliphatic heterocycles. The van der Waals surface area contributed by atoms with Gasteiger partial charge in [0.25, 0.3) is 0 Å². The zero-order chi connectivity index (χ0) is 13.1. The summed E-state index contributed by atoms with van der Waals surface area (Å²) < 4.78 is 9.79. The number of esters is 1. The lowest BCUT2D eigenvalue weighted by molar-refractivity contribution is 0.0600. The third-order valence-electron chi connectivity index (χ3n) is 2.56. The normalized spacial score (nSPS) is 13.9. The molecule has 1 aromatic carbocycles. The van der Waals surface area contributed by atoms with Crippen LogP contribution in [0.3, 0.4) is 0 Å². The van der Waals surface area contributed by atoms with E-state index in [0.29, 0.717) is 16.9 Å². The minimum Gasteiger partial charge on any atom is -0.496 e. The van der Waals surface area contributed by atoms with E-state index in [0.717, 1.165) is 0 Å². The van der Waals surface area contributed by atoms with Gasteiger partial charge in [-0.1, -0.05) is 0 Å². The number of carbonyl (C=O) groups is 1. The van der Waals surface area contributed by atoms with Gasteiger partial charge in [-0.05, 0) is 25.1 Å². The maximum absolute atomic E-state index is 11.4. The summed E-state index contributed by atoms with van der Waals surface area (Å²) in [6.07, 6.45) is 0. The molecule has 1 atom stereocenters. The lowest BCUT2D eigenvalue weighted by atomic mass is 9.91. The maximum atomic E-state index is 11.4. The number of aliphatic hydroxyl groups excluding tert-OH is 1. The van der Waals surface area contributed by atoms with Crippen LogP contribution in [0.1, 0.15) is 22.8 Å². The molecule has 3 N–H and O–H groups in total. The molecule has 0 aliphatic rings. The highest BCUT2D eigenvalue weighted by atomic mass is 16.5. The van der Waals surface area contributed by atoms with E-state index < -0.39 is 11.5 Å². The fourth-order valence-corrected chi connectivity index (χ4v) is 1.48. The van der Waals surface area contributed by atoms with Gasteiger partial charge in [-0.15, -0.1) is 0 Å². The summed E-state index contributed by atoms with van der Waals surface area (Å²) in [5.41, 5.74) is 5.89. The van der Waals surface area contributed by atoms with Crippen molar-refractivity contribution in [2.45, 2.75) is 12.5 Å². The first-order valence-corrected chi connectivity index (χ1v) is 5.13. The molecule has 0 saturated heterocycles. The van der Waals surface area contributed by atoms with Crippen LogP contribution in [0.25, 0.3) is 0 Å². The standard InChI is InChI=1S/C12H17NO4/c1-12(13,7-14)9-6-8(11(15)17-3)4-5-10(9)16-2/h4-6,14H,7,13H2,1-3H3. The van der Waals surface area contributed by atoms with Gasteiger partial charge < -0.3 is 20.3 Å². The summed E-state index contributed by atoms with van der Waals surface area (Å²) in [4.78, 5) is 11.4. The summed E-state index contributed by atoms with van der Waals surface area (Å²) in [5.74, 6) is 0.0688. The smallest absolute Gasteiger partial charge is 0.337 e. The zero-order valence-corrected chi connectivity index (χ0v) is 10.2. The predicted molar refractivity (Wildman–Crippen MR) is 63.0 cm³/mol. The van der Waals surface area contributed by atoms with Crippen LogP contribution < -0.4 is 10.5 Å². The molecule has 1 rings (SSSR count). The third kappa shape index (κ3) is 2.75. The number of carbonyl (C=O) groups excluding carboxylic acids is 1. The first-order valence-electron chi connectivity index (χ1n) is 5.13. The van der Waals surface area contributed by atoms with E-state index in [1.54, 1.807) is 25.1 Å². The summed E-state index contributed by atoms with van der Waals surface area (Å²) in [6, 6.07) is 4.78. The van der Waals surface area contributed by atoms with Gasteiger partial charge in [0, 0.05) is 5.56 Å². The summed E-state index contributed by atoms with van der Waals surface area (Å²) in [7, 11) is 2.81. The fraction of sp³-hybridized carbons (Fsp3) is 0.417. The highest BCUT2D eigenvalue weighted by Gasteiger charge is 2.25. The minimum absolute atomic E-state index is 0.256. The minimum atomic E-state index is -0.977. The van der Waals surface area contributed by atoms with Gasteiger partial charge in [-0.2, -0.15) is 0 Å². The highest BCUT2D eigenvalue weighted by molar-refractivity contribution is 5.89. The van der Waals surface area contributed by atoms with Crippen LogP contribution in [-0.2, 0) is 10.3 Å². The average molecular weight is 239 g/mol. The second kappa shape index (κ2) is 5.16. The molecule has 0 aromatic heterocycles. The van der Waals surface area contributed by atoms with Gasteiger partial charge in [0.05, 0.1) is 31.9 Å². The Balaban J connectivity index is 3.29. The number of nitrogens with two attached hydrogens (primary N) is 1. The Bertz CT molecular complexity index is 415. The van der Waals surface area contributed by atoms with Crippen LogP contribution in [0, 0.1) is 0 Å². The number of benzene rings is 1. The van der Waals surface area contributed by atoms with Gasteiger partial charge in [0.15, 0.2) is 0 Å². The van der Waals surface area contributed by atoms with Gasteiger partial charge in [0.1, 0.15) is 5.75 Å². The number of methoxy groups -OCH3 is 2. The van der Waals surface area contributed by atoms with E-state index in [1.807, 2.05) is 0 Å². The van der Waals surface area contributed by atoms with Crippen LogP contribution in [0.5, 0.6) is 5.75 Å². The molecule has 0 saturated carbocycles. The molecular formula is C12H17NO4. The third-order valence-corrected chi connectivity index (χ3v) is 2.56. The molecule has 0 amide bonds. The molecule has 5 heteroatoms. The number of hydrogen-bond acceptors (Lipinski definition) is 5. The molecule has 0 aliphatic carbocycles. The molecule has 1 unspecified atom stereocenters. The molecule has 0 spiro atoms. The first-order chi connectivity index (χ1) is 7.96. The highest BCUT2D eigenvalue weighted by Crippen LogP contribution is 2.29. The van der Waals surface area contributed by atoms with Crippen molar-refractivity contribution in [2.24, 2.45) is 5.73 Å². The van der Waals surface area contributed by atoms with Crippen LogP contribution in [-0.4, -0.2) is 31.9 Å². The van der Waals surface area contributed by atoms with E-state index in [1.165, 1.54) is 14.2 Å². The monoisotopic (exact) mass is 239 g/mol. The SMILES string of the molecule is COC(=O)c1ccc(OC)c(C(C)(N)CO)c1. The average Bonchev–Trinajstić information content (AvgIpc) is 2.36. The Hall–Kier alpha value is -1.59. The topological polar surface area (TPSA) is 81.8 Å². The van der Waals surface area contributed by atoms with E-state index in [2.05, 4.69) is 4.74 Å². The van der Waals surface area contributed by atoms with E-state index in [-0.39, 0.29) is 6.61 Å². The van der Waals surface area contributed by atoms with E-state index in [4.69, 9.17) is 10.5 Å². The maximum Gasteiger partial charge on any atom is 0.337 e. The largest absolute Gasteiger partial charge is 0.496 e. The van der Waals surface area contributed by atoms with Crippen LogP contribution in [0.4, 0.5) is 0 Å². The molecular weight excluding hydrogens is 222 g/mol. The van der Waals surface area contributed by atoms with Crippen LogP contribution >= 0.6 is 0 Å². The van der Waals surface area contributed by atoms with Crippen molar-refractivity contribution in [3.8, 4) is 5.75 Å². The Morgan fingerprint density at radius 2 is 2.12 bits per heavy atom. The number of rotatable bonds is 4. The Labute approximate surface area is 100 Å². The fourth-order valence-electron chi connectivity index (χ4n) is 1.48. The molecule has 0 heterocycles. The lowest BCUT2D eigenvalue weighted by Gasteiger charge is -2.25. The zero-order valence-electron chi connectivity index (χ0n) is 10.2.